The molecule has 0 saturated carbocycles. The van der Waals surface area contributed by atoms with Gasteiger partial charge in [-0.2, -0.15) is 0 Å². The van der Waals surface area contributed by atoms with Gasteiger partial charge in [-0.1, -0.05) is 24.9 Å². The van der Waals surface area contributed by atoms with Gasteiger partial charge in [0.15, 0.2) is 0 Å². The lowest BCUT2D eigenvalue weighted by Crippen LogP contribution is -2.35. The van der Waals surface area contributed by atoms with Crippen molar-refractivity contribution in [2.24, 2.45) is 5.92 Å². The Hall–Kier alpha value is -1.20. The van der Waals surface area contributed by atoms with Crippen molar-refractivity contribution in [3.8, 4) is 0 Å². The van der Waals surface area contributed by atoms with Crippen LogP contribution in [0.15, 0.2) is 29.2 Å². The fraction of sp³-hybridized carbons (Fsp3) is 0.467. The summed E-state index contributed by atoms with van der Waals surface area (Å²) in [5, 5.41) is 12.0. The molecule has 2 atom stereocenters. The Labute approximate surface area is 134 Å². The third kappa shape index (κ3) is 6.87. The van der Waals surface area contributed by atoms with E-state index in [0.29, 0.717) is 11.6 Å². The quantitative estimate of drug-likeness (QED) is 0.717. The molecule has 21 heavy (non-hydrogen) atoms. The summed E-state index contributed by atoms with van der Waals surface area (Å²) < 4.78 is 0. The van der Waals surface area contributed by atoms with E-state index in [4.69, 9.17) is 16.7 Å². The maximum atomic E-state index is 12.0. The van der Waals surface area contributed by atoms with Gasteiger partial charge in [-0.3, -0.25) is 9.59 Å². The van der Waals surface area contributed by atoms with E-state index in [1.807, 2.05) is 26.0 Å². The molecule has 2 unspecified atom stereocenters. The number of hydrogen-bond acceptors (Lipinski definition) is 3. The Morgan fingerprint density at radius 3 is 2.48 bits per heavy atom. The fourth-order valence-corrected chi connectivity index (χ4v) is 2.79. The smallest absolute Gasteiger partial charge is 0.303 e. The molecule has 0 saturated heterocycles. The van der Waals surface area contributed by atoms with Crippen LogP contribution in [0.4, 0.5) is 0 Å². The summed E-state index contributed by atoms with van der Waals surface area (Å²) in [5.74, 6) is -0.947. The molecular formula is C15H20ClNO3S. The van der Waals surface area contributed by atoms with Crippen molar-refractivity contribution in [3.63, 3.8) is 0 Å². The average molecular weight is 330 g/mol. The molecule has 0 bridgehead atoms. The second-order valence-electron chi connectivity index (χ2n) is 4.83. The van der Waals surface area contributed by atoms with Crippen LogP contribution >= 0.6 is 23.4 Å². The van der Waals surface area contributed by atoms with Crippen molar-refractivity contribution in [1.29, 1.82) is 0 Å². The van der Waals surface area contributed by atoms with E-state index in [1.54, 1.807) is 12.1 Å². The lowest BCUT2D eigenvalue weighted by atomic mass is 10.0. The molecule has 1 amide bonds. The largest absolute Gasteiger partial charge is 0.481 e. The van der Waals surface area contributed by atoms with Crippen LogP contribution in [0.5, 0.6) is 0 Å². The molecule has 1 aromatic rings. The molecule has 0 aliphatic carbocycles. The zero-order valence-corrected chi connectivity index (χ0v) is 13.7. The maximum Gasteiger partial charge on any atom is 0.303 e. The number of carbonyl (C=O) groups is 2. The van der Waals surface area contributed by atoms with Crippen LogP contribution in [-0.4, -0.2) is 28.8 Å². The zero-order valence-electron chi connectivity index (χ0n) is 12.1. The Morgan fingerprint density at radius 1 is 1.33 bits per heavy atom. The molecule has 2 N–H and O–H groups in total. The number of carboxylic acids is 1. The molecule has 116 valence electrons. The molecule has 4 nitrogen and oxygen atoms in total. The van der Waals surface area contributed by atoms with Gasteiger partial charge in [-0.25, -0.2) is 0 Å². The number of nitrogens with one attached hydrogen (secondary N) is 1. The molecule has 0 fully saturated rings. The van der Waals surface area contributed by atoms with Crippen molar-refractivity contribution in [2.75, 3.05) is 6.54 Å². The average Bonchev–Trinajstić information content (AvgIpc) is 2.45. The predicted octanol–water partition coefficient (Wildman–Crippen LogP) is 3.44. The van der Waals surface area contributed by atoms with Gasteiger partial charge in [-0.15, -0.1) is 11.8 Å². The SMILES string of the molecule is CCC(CNC(=O)C(C)Sc1ccc(Cl)cc1)CC(=O)O. The Balaban J connectivity index is 2.43. The van der Waals surface area contributed by atoms with Crippen LogP contribution in [-0.2, 0) is 9.59 Å². The predicted molar refractivity (Wildman–Crippen MR) is 85.8 cm³/mol. The summed E-state index contributed by atoms with van der Waals surface area (Å²) in [4.78, 5) is 23.7. The number of halogens is 1. The van der Waals surface area contributed by atoms with Gasteiger partial charge in [0, 0.05) is 22.9 Å². The first-order chi connectivity index (χ1) is 9.92. The van der Waals surface area contributed by atoms with Crippen LogP contribution in [0.2, 0.25) is 5.02 Å². The number of carboxylic acid groups (broad SMARTS) is 1. The summed E-state index contributed by atoms with van der Waals surface area (Å²) in [6.45, 7) is 4.14. The topological polar surface area (TPSA) is 66.4 Å². The molecular weight excluding hydrogens is 310 g/mol. The van der Waals surface area contributed by atoms with Crippen molar-refractivity contribution < 1.29 is 14.7 Å². The number of benzene rings is 1. The first-order valence-electron chi connectivity index (χ1n) is 6.84. The van der Waals surface area contributed by atoms with Gasteiger partial charge in [0.05, 0.1) is 5.25 Å². The first kappa shape index (κ1) is 17.9. The van der Waals surface area contributed by atoms with E-state index in [0.717, 1.165) is 11.3 Å². The van der Waals surface area contributed by atoms with Crippen molar-refractivity contribution in [1.82, 2.24) is 5.32 Å². The number of carbonyl (C=O) groups excluding carboxylic acids is 1. The number of aliphatic carboxylic acids is 1. The Morgan fingerprint density at radius 2 is 1.95 bits per heavy atom. The Kier molecular flexibility index (Phi) is 7.61. The summed E-state index contributed by atoms with van der Waals surface area (Å²) in [6, 6.07) is 7.31. The van der Waals surface area contributed by atoms with Crippen LogP contribution in [0.1, 0.15) is 26.7 Å². The normalized spacial score (nSPS) is 13.5. The van der Waals surface area contributed by atoms with Gasteiger partial charge in [0.25, 0.3) is 0 Å². The standard InChI is InChI=1S/C15H20ClNO3S/c1-3-11(8-14(18)19)9-17-15(20)10(2)21-13-6-4-12(16)5-7-13/h4-7,10-11H,3,8-9H2,1-2H3,(H,17,20)(H,18,19). The van der Waals surface area contributed by atoms with E-state index in [-0.39, 0.29) is 23.5 Å². The molecule has 1 aromatic carbocycles. The zero-order chi connectivity index (χ0) is 15.8. The highest BCUT2D eigenvalue weighted by molar-refractivity contribution is 8.00. The molecule has 0 heterocycles. The summed E-state index contributed by atoms with van der Waals surface area (Å²) >= 11 is 7.26. The van der Waals surface area contributed by atoms with Gasteiger partial charge < -0.3 is 10.4 Å². The molecule has 0 spiro atoms. The van der Waals surface area contributed by atoms with E-state index < -0.39 is 5.97 Å². The van der Waals surface area contributed by atoms with Crippen LogP contribution in [0.25, 0.3) is 0 Å². The minimum Gasteiger partial charge on any atom is -0.481 e. The van der Waals surface area contributed by atoms with Crippen LogP contribution in [0, 0.1) is 5.92 Å². The minimum absolute atomic E-state index is 0.0285. The third-order valence-electron chi connectivity index (χ3n) is 3.10. The van der Waals surface area contributed by atoms with Gasteiger partial charge >= 0.3 is 5.97 Å². The fourth-order valence-electron chi connectivity index (χ4n) is 1.77. The van der Waals surface area contributed by atoms with Crippen LogP contribution < -0.4 is 5.32 Å². The Bertz CT molecular complexity index is 478. The van der Waals surface area contributed by atoms with Gasteiger partial charge in [0.2, 0.25) is 5.91 Å². The van der Waals surface area contributed by atoms with E-state index in [2.05, 4.69) is 5.32 Å². The first-order valence-corrected chi connectivity index (χ1v) is 8.09. The number of thioether (sulfide) groups is 1. The highest BCUT2D eigenvalue weighted by atomic mass is 35.5. The highest BCUT2D eigenvalue weighted by Crippen LogP contribution is 2.24. The second kappa shape index (κ2) is 8.95. The second-order valence-corrected chi connectivity index (χ2v) is 6.68. The van der Waals surface area contributed by atoms with E-state index >= 15 is 0 Å². The summed E-state index contributed by atoms with van der Waals surface area (Å²) in [5.41, 5.74) is 0. The van der Waals surface area contributed by atoms with Gasteiger partial charge in [0.1, 0.15) is 0 Å². The molecule has 1 rings (SSSR count). The van der Waals surface area contributed by atoms with Gasteiger partial charge in [-0.05, 0) is 37.1 Å². The molecule has 6 heteroatoms. The lowest BCUT2D eigenvalue weighted by Gasteiger charge is -2.16. The lowest BCUT2D eigenvalue weighted by molar-refractivity contribution is -0.138. The minimum atomic E-state index is -0.834. The monoisotopic (exact) mass is 329 g/mol. The molecule has 0 aromatic heterocycles. The van der Waals surface area contributed by atoms with Crippen molar-refractivity contribution in [2.45, 2.75) is 36.8 Å². The molecule has 0 aliphatic rings. The third-order valence-corrected chi connectivity index (χ3v) is 4.47. The number of rotatable bonds is 8. The summed E-state index contributed by atoms with van der Waals surface area (Å²) in [7, 11) is 0. The number of amides is 1. The maximum absolute atomic E-state index is 12.0. The molecule has 0 radical (unpaired) electrons. The van der Waals surface area contributed by atoms with E-state index in [1.165, 1.54) is 11.8 Å². The summed E-state index contributed by atoms with van der Waals surface area (Å²) in [6.07, 6.45) is 0.806. The molecule has 0 aliphatic heterocycles. The van der Waals surface area contributed by atoms with Crippen LogP contribution in [0.3, 0.4) is 0 Å². The number of hydrogen-bond donors (Lipinski definition) is 2. The van der Waals surface area contributed by atoms with E-state index in [9.17, 15) is 9.59 Å². The van der Waals surface area contributed by atoms with Crippen molar-refractivity contribution >= 4 is 35.2 Å². The highest BCUT2D eigenvalue weighted by Gasteiger charge is 2.17. The van der Waals surface area contributed by atoms with Crippen molar-refractivity contribution in [3.05, 3.63) is 29.3 Å².